The lowest BCUT2D eigenvalue weighted by Crippen LogP contribution is -2.46. The standard InChI is InChI=1S/C22H31N3O3/c1-22(2,3)17-6-8-19(9-7-17)28-16-4-5-21(27)25-14-11-18(12-15-25)24-20(26)10-13-23/h6-9,18H,4-5,10-12,14-16H2,1-3H3,(H,24,26). The summed E-state index contributed by atoms with van der Waals surface area (Å²) in [4.78, 5) is 25.6. The van der Waals surface area contributed by atoms with E-state index in [2.05, 4.69) is 38.2 Å². The first-order valence-electron chi connectivity index (χ1n) is 9.97. The van der Waals surface area contributed by atoms with Crippen LogP contribution in [0.3, 0.4) is 0 Å². The van der Waals surface area contributed by atoms with Crippen LogP contribution < -0.4 is 10.1 Å². The Morgan fingerprint density at radius 2 is 1.86 bits per heavy atom. The van der Waals surface area contributed by atoms with Crippen LogP contribution in [0.15, 0.2) is 24.3 Å². The molecule has 1 aliphatic rings. The molecule has 0 radical (unpaired) electrons. The molecule has 0 atom stereocenters. The predicted octanol–water partition coefficient (Wildman–Crippen LogP) is 3.16. The second-order valence-electron chi connectivity index (χ2n) is 8.28. The summed E-state index contributed by atoms with van der Waals surface area (Å²) < 4.78 is 5.75. The molecule has 0 saturated carbocycles. The average molecular weight is 386 g/mol. The van der Waals surface area contributed by atoms with E-state index in [1.807, 2.05) is 23.1 Å². The third-order valence-corrected chi connectivity index (χ3v) is 4.98. The number of nitrogens with zero attached hydrogens (tertiary/aromatic N) is 2. The van der Waals surface area contributed by atoms with E-state index in [9.17, 15) is 9.59 Å². The Morgan fingerprint density at radius 3 is 2.43 bits per heavy atom. The van der Waals surface area contributed by atoms with E-state index in [0.717, 1.165) is 18.6 Å². The second-order valence-corrected chi connectivity index (χ2v) is 8.28. The molecule has 0 aromatic heterocycles. The molecule has 1 aromatic carbocycles. The Labute approximate surface area is 167 Å². The van der Waals surface area contributed by atoms with Crippen molar-refractivity contribution >= 4 is 11.8 Å². The highest BCUT2D eigenvalue weighted by Gasteiger charge is 2.23. The molecule has 0 unspecified atom stereocenters. The molecule has 2 rings (SSSR count). The van der Waals surface area contributed by atoms with Crippen molar-refractivity contribution in [2.75, 3.05) is 19.7 Å². The number of amides is 2. The third-order valence-electron chi connectivity index (χ3n) is 4.98. The number of ether oxygens (including phenoxy) is 1. The van der Waals surface area contributed by atoms with Crippen molar-refractivity contribution in [2.24, 2.45) is 0 Å². The first-order chi connectivity index (χ1) is 13.3. The number of nitriles is 1. The summed E-state index contributed by atoms with van der Waals surface area (Å²) in [6.07, 6.45) is 2.50. The fraction of sp³-hybridized carbons (Fsp3) is 0.591. The van der Waals surface area contributed by atoms with Crippen molar-refractivity contribution in [3.8, 4) is 11.8 Å². The number of nitrogens with one attached hydrogen (secondary N) is 1. The molecule has 1 aliphatic heterocycles. The molecule has 0 spiro atoms. The Balaban J connectivity index is 1.64. The Morgan fingerprint density at radius 1 is 1.21 bits per heavy atom. The van der Waals surface area contributed by atoms with E-state index >= 15 is 0 Å². The molecule has 2 amide bonds. The topological polar surface area (TPSA) is 82.4 Å². The lowest BCUT2D eigenvalue weighted by molar-refractivity contribution is -0.132. The molecule has 6 heteroatoms. The monoisotopic (exact) mass is 385 g/mol. The van der Waals surface area contributed by atoms with Gasteiger partial charge in [0.15, 0.2) is 0 Å². The summed E-state index contributed by atoms with van der Waals surface area (Å²) in [5.74, 6) is 0.725. The van der Waals surface area contributed by atoms with Gasteiger partial charge in [0, 0.05) is 25.6 Å². The molecule has 1 N–H and O–H groups in total. The molecule has 1 fully saturated rings. The number of benzene rings is 1. The van der Waals surface area contributed by atoms with Gasteiger partial charge in [-0.05, 0) is 42.4 Å². The smallest absolute Gasteiger partial charge is 0.234 e. The van der Waals surface area contributed by atoms with Crippen LogP contribution in [-0.2, 0) is 15.0 Å². The number of carbonyl (C=O) groups excluding carboxylic acids is 2. The van der Waals surface area contributed by atoms with Crippen molar-refractivity contribution in [3.63, 3.8) is 0 Å². The molecule has 28 heavy (non-hydrogen) atoms. The maximum Gasteiger partial charge on any atom is 0.234 e. The summed E-state index contributed by atoms with van der Waals surface area (Å²) in [6, 6.07) is 10.0. The molecule has 1 heterocycles. The second kappa shape index (κ2) is 10.1. The first-order valence-corrected chi connectivity index (χ1v) is 9.97. The van der Waals surface area contributed by atoms with Gasteiger partial charge in [-0.1, -0.05) is 32.9 Å². The Bertz CT molecular complexity index is 693. The van der Waals surface area contributed by atoms with Crippen molar-refractivity contribution < 1.29 is 14.3 Å². The van der Waals surface area contributed by atoms with Gasteiger partial charge in [-0.25, -0.2) is 0 Å². The van der Waals surface area contributed by atoms with E-state index in [0.29, 0.717) is 32.5 Å². The van der Waals surface area contributed by atoms with Crippen LogP contribution in [-0.4, -0.2) is 42.5 Å². The number of carbonyl (C=O) groups is 2. The minimum Gasteiger partial charge on any atom is -0.494 e. The molecule has 0 bridgehead atoms. The number of piperidine rings is 1. The van der Waals surface area contributed by atoms with E-state index in [-0.39, 0.29) is 29.7 Å². The SMILES string of the molecule is CC(C)(C)c1ccc(OCCCC(=O)N2CCC(NC(=O)CC#N)CC2)cc1. The van der Waals surface area contributed by atoms with Crippen LogP contribution in [0.1, 0.15) is 58.4 Å². The van der Waals surface area contributed by atoms with E-state index in [1.54, 1.807) is 0 Å². The zero-order valence-corrected chi connectivity index (χ0v) is 17.2. The van der Waals surface area contributed by atoms with Gasteiger partial charge in [0.05, 0.1) is 12.7 Å². The maximum atomic E-state index is 12.3. The van der Waals surface area contributed by atoms with Crippen LogP contribution in [0.25, 0.3) is 0 Å². The van der Waals surface area contributed by atoms with Crippen LogP contribution in [0.4, 0.5) is 0 Å². The number of rotatable bonds is 7. The van der Waals surface area contributed by atoms with Gasteiger partial charge >= 0.3 is 0 Å². The van der Waals surface area contributed by atoms with Crippen LogP contribution >= 0.6 is 0 Å². The minimum absolute atomic E-state index is 0.0595. The number of likely N-dealkylation sites (tertiary alicyclic amines) is 1. The van der Waals surface area contributed by atoms with Crippen molar-refractivity contribution in [1.29, 1.82) is 5.26 Å². The first kappa shape index (κ1) is 21.7. The van der Waals surface area contributed by atoms with Crippen LogP contribution in [0.5, 0.6) is 5.75 Å². The Kier molecular flexibility index (Phi) is 7.86. The summed E-state index contributed by atoms with van der Waals surface area (Å²) in [6.45, 7) is 8.34. The van der Waals surface area contributed by atoms with Crippen molar-refractivity contribution in [3.05, 3.63) is 29.8 Å². The highest BCUT2D eigenvalue weighted by atomic mass is 16.5. The fourth-order valence-corrected chi connectivity index (χ4v) is 3.25. The van der Waals surface area contributed by atoms with Gasteiger partial charge < -0.3 is 15.0 Å². The average Bonchev–Trinajstić information content (AvgIpc) is 2.65. The minimum atomic E-state index is -0.236. The number of hydrogen-bond acceptors (Lipinski definition) is 4. The van der Waals surface area contributed by atoms with Gasteiger partial charge in [-0.15, -0.1) is 0 Å². The third kappa shape index (κ3) is 6.88. The molecule has 6 nitrogen and oxygen atoms in total. The van der Waals surface area contributed by atoms with E-state index in [4.69, 9.17) is 10.00 Å². The highest BCUT2D eigenvalue weighted by molar-refractivity contribution is 5.78. The van der Waals surface area contributed by atoms with E-state index in [1.165, 1.54) is 5.56 Å². The molecular formula is C22H31N3O3. The van der Waals surface area contributed by atoms with E-state index < -0.39 is 0 Å². The molecular weight excluding hydrogens is 354 g/mol. The molecule has 1 saturated heterocycles. The van der Waals surface area contributed by atoms with Gasteiger partial charge in [0.1, 0.15) is 12.2 Å². The maximum absolute atomic E-state index is 12.3. The lowest BCUT2D eigenvalue weighted by Gasteiger charge is -2.32. The zero-order valence-electron chi connectivity index (χ0n) is 17.2. The number of hydrogen-bond donors (Lipinski definition) is 1. The summed E-state index contributed by atoms with van der Waals surface area (Å²) in [5.41, 5.74) is 1.39. The predicted molar refractivity (Wildman–Crippen MR) is 108 cm³/mol. The molecule has 0 aliphatic carbocycles. The molecule has 1 aromatic rings. The Hall–Kier alpha value is -2.55. The summed E-state index contributed by atoms with van der Waals surface area (Å²) in [5, 5.41) is 11.4. The molecule has 152 valence electrons. The largest absolute Gasteiger partial charge is 0.494 e. The summed E-state index contributed by atoms with van der Waals surface area (Å²) >= 11 is 0. The van der Waals surface area contributed by atoms with Gasteiger partial charge in [0.2, 0.25) is 11.8 Å². The quantitative estimate of drug-likeness (QED) is 0.731. The van der Waals surface area contributed by atoms with Crippen LogP contribution in [0, 0.1) is 11.3 Å². The lowest BCUT2D eigenvalue weighted by atomic mass is 9.87. The van der Waals surface area contributed by atoms with Crippen molar-refractivity contribution in [2.45, 2.75) is 64.3 Å². The van der Waals surface area contributed by atoms with Gasteiger partial charge in [-0.3, -0.25) is 9.59 Å². The summed E-state index contributed by atoms with van der Waals surface area (Å²) in [7, 11) is 0. The van der Waals surface area contributed by atoms with Gasteiger partial charge in [0.25, 0.3) is 0 Å². The van der Waals surface area contributed by atoms with Gasteiger partial charge in [-0.2, -0.15) is 5.26 Å². The fourth-order valence-electron chi connectivity index (χ4n) is 3.25. The zero-order chi connectivity index (χ0) is 20.6. The van der Waals surface area contributed by atoms with Crippen molar-refractivity contribution in [1.82, 2.24) is 10.2 Å². The highest BCUT2D eigenvalue weighted by Crippen LogP contribution is 2.24. The van der Waals surface area contributed by atoms with Crippen LogP contribution in [0.2, 0.25) is 0 Å². The normalized spacial score (nSPS) is 15.0.